The van der Waals surface area contributed by atoms with Crippen molar-refractivity contribution in [1.29, 1.82) is 0 Å². The van der Waals surface area contributed by atoms with Crippen molar-refractivity contribution in [3.63, 3.8) is 0 Å². The fourth-order valence-corrected chi connectivity index (χ4v) is 2.38. The molecule has 88 valence electrons. The van der Waals surface area contributed by atoms with E-state index in [1.807, 2.05) is 23.0 Å². The summed E-state index contributed by atoms with van der Waals surface area (Å²) in [6.07, 6.45) is 4.69. The normalized spacial score (nSPS) is 19.0. The molecule has 1 aromatic heterocycles. The molecule has 1 atom stereocenters. The lowest BCUT2D eigenvalue weighted by molar-refractivity contribution is 0.0484. The van der Waals surface area contributed by atoms with Crippen molar-refractivity contribution in [2.75, 3.05) is 13.2 Å². The van der Waals surface area contributed by atoms with E-state index in [0.717, 1.165) is 18.7 Å². The van der Waals surface area contributed by atoms with E-state index in [2.05, 4.69) is 17.2 Å². The molecule has 1 aliphatic rings. The summed E-state index contributed by atoms with van der Waals surface area (Å²) in [4.78, 5) is 0. The number of fused-ring (bicyclic) bond motifs is 1. The summed E-state index contributed by atoms with van der Waals surface area (Å²) in [6, 6.07) is 8.15. The van der Waals surface area contributed by atoms with Crippen molar-refractivity contribution in [2.24, 2.45) is 5.73 Å². The maximum Gasteiger partial charge on any atom is 0.0950 e. The first-order valence-electron chi connectivity index (χ1n) is 5.83. The van der Waals surface area contributed by atoms with E-state index >= 15 is 0 Å². The van der Waals surface area contributed by atoms with E-state index in [9.17, 15) is 0 Å². The number of hydrogen-bond donors (Lipinski definition) is 1. The summed E-state index contributed by atoms with van der Waals surface area (Å²) < 4.78 is 7.57. The summed E-state index contributed by atoms with van der Waals surface area (Å²) in [7, 11) is 0. The topological polar surface area (TPSA) is 53.1 Å². The first-order valence-corrected chi connectivity index (χ1v) is 5.83. The van der Waals surface area contributed by atoms with Crippen LogP contribution in [0.2, 0.25) is 0 Å². The predicted octanol–water partition coefficient (Wildman–Crippen LogP) is 1.44. The number of aromatic nitrogens is 2. The van der Waals surface area contributed by atoms with Gasteiger partial charge in [0.05, 0.1) is 18.4 Å². The van der Waals surface area contributed by atoms with Crippen LogP contribution in [0.4, 0.5) is 0 Å². The van der Waals surface area contributed by atoms with Crippen LogP contribution in [0.5, 0.6) is 0 Å². The third-order valence-corrected chi connectivity index (χ3v) is 3.17. The molecule has 2 aromatic rings. The molecule has 0 fully saturated rings. The molecule has 1 aliphatic heterocycles. The van der Waals surface area contributed by atoms with Gasteiger partial charge >= 0.3 is 0 Å². The molecule has 0 bridgehead atoms. The first-order chi connectivity index (χ1) is 8.40. The minimum absolute atomic E-state index is 0.0225. The van der Waals surface area contributed by atoms with Gasteiger partial charge in [0.25, 0.3) is 0 Å². The Bertz CT molecular complexity index is 507. The Morgan fingerprint density at radius 3 is 3.12 bits per heavy atom. The van der Waals surface area contributed by atoms with Gasteiger partial charge in [-0.05, 0) is 29.7 Å². The van der Waals surface area contributed by atoms with Gasteiger partial charge in [-0.3, -0.25) is 0 Å². The molecular weight excluding hydrogens is 214 g/mol. The molecule has 0 aliphatic carbocycles. The van der Waals surface area contributed by atoms with Crippen LogP contribution in [0, 0.1) is 0 Å². The molecule has 4 nitrogen and oxygen atoms in total. The van der Waals surface area contributed by atoms with Gasteiger partial charge in [-0.15, -0.1) is 0 Å². The molecule has 0 spiro atoms. The van der Waals surface area contributed by atoms with Crippen LogP contribution in [0.3, 0.4) is 0 Å². The van der Waals surface area contributed by atoms with Crippen molar-refractivity contribution in [2.45, 2.75) is 12.5 Å². The Balaban J connectivity index is 2.12. The van der Waals surface area contributed by atoms with Crippen LogP contribution < -0.4 is 5.73 Å². The molecule has 2 N–H and O–H groups in total. The third-order valence-electron chi connectivity index (χ3n) is 3.17. The zero-order chi connectivity index (χ0) is 11.7. The molecule has 0 saturated carbocycles. The fourth-order valence-electron chi connectivity index (χ4n) is 2.38. The number of hydrogen-bond acceptors (Lipinski definition) is 3. The van der Waals surface area contributed by atoms with Gasteiger partial charge in [0.2, 0.25) is 0 Å². The molecule has 2 heterocycles. The molecule has 3 rings (SSSR count). The van der Waals surface area contributed by atoms with E-state index < -0.39 is 0 Å². The van der Waals surface area contributed by atoms with E-state index in [1.165, 1.54) is 11.1 Å². The first kappa shape index (κ1) is 10.5. The van der Waals surface area contributed by atoms with Gasteiger partial charge in [0.15, 0.2) is 0 Å². The fraction of sp³-hybridized carbons (Fsp3) is 0.308. The number of nitrogens with zero attached hydrogens (tertiary/aromatic N) is 2. The molecule has 0 amide bonds. The molecule has 0 radical (unpaired) electrons. The van der Waals surface area contributed by atoms with E-state index in [1.54, 1.807) is 6.20 Å². The van der Waals surface area contributed by atoms with Gasteiger partial charge in [-0.2, -0.15) is 5.10 Å². The Kier molecular flexibility index (Phi) is 2.66. The Labute approximate surface area is 100 Å². The van der Waals surface area contributed by atoms with Crippen LogP contribution in [0.25, 0.3) is 5.69 Å². The van der Waals surface area contributed by atoms with Gasteiger partial charge in [0.1, 0.15) is 0 Å². The Hall–Kier alpha value is -1.65. The number of ether oxygens (including phenoxy) is 1. The van der Waals surface area contributed by atoms with Gasteiger partial charge in [-0.1, -0.05) is 12.1 Å². The lowest BCUT2D eigenvalue weighted by Gasteiger charge is -2.26. The molecule has 0 unspecified atom stereocenters. The third kappa shape index (κ3) is 1.75. The average Bonchev–Trinajstić information content (AvgIpc) is 2.91. The van der Waals surface area contributed by atoms with E-state index in [4.69, 9.17) is 10.5 Å². The maximum atomic E-state index is 5.74. The van der Waals surface area contributed by atoms with Crippen LogP contribution in [0.15, 0.2) is 36.7 Å². The van der Waals surface area contributed by atoms with Gasteiger partial charge in [0, 0.05) is 18.9 Å². The van der Waals surface area contributed by atoms with Gasteiger partial charge < -0.3 is 10.5 Å². The second kappa shape index (κ2) is 4.31. The second-order valence-corrected chi connectivity index (χ2v) is 4.14. The van der Waals surface area contributed by atoms with E-state index in [-0.39, 0.29) is 6.10 Å². The highest BCUT2D eigenvalue weighted by atomic mass is 16.5. The molecule has 0 saturated heterocycles. The molecule has 1 aromatic carbocycles. The highest BCUT2D eigenvalue weighted by molar-refractivity contribution is 5.47. The maximum absolute atomic E-state index is 5.74. The Morgan fingerprint density at radius 2 is 2.35 bits per heavy atom. The molecule has 4 heteroatoms. The minimum atomic E-state index is 0.0225. The lowest BCUT2D eigenvalue weighted by atomic mass is 9.96. The highest BCUT2D eigenvalue weighted by Crippen LogP contribution is 2.30. The van der Waals surface area contributed by atoms with Crippen LogP contribution in [0.1, 0.15) is 17.2 Å². The standard InChI is InChI=1S/C13H15N3O/c14-9-13-11-3-1-4-12(10(11)5-8-17-13)16-7-2-6-15-16/h1-4,6-7,13H,5,8-9,14H2/t13-/m1/s1. The summed E-state index contributed by atoms with van der Waals surface area (Å²) in [6.45, 7) is 1.25. The van der Waals surface area contributed by atoms with E-state index in [0.29, 0.717) is 6.54 Å². The van der Waals surface area contributed by atoms with Crippen molar-refractivity contribution >= 4 is 0 Å². The molecular formula is C13H15N3O. The number of rotatable bonds is 2. The number of benzene rings is 1. The summed E-state index contributed by atoms with van der Waals surface area (Å²) in [5.74, 6) is 0. The smallest absolute Gasteiger partial charge is 0.0950 e. The lowest BCUT2D eigenvalue weighted by Crippen LogP contribution is -2.24. The summed E-state index contributed by atoms with van der Waals surface area (Å²) in [5.41, 5.74) is 9.38. The predicted molar refractivity (Wildman–Crippen MR) is 65.0 cm³/mol. The second-order valence-electron chi connectivity index (χ2n) is 4.14. The zero-order valence-electron chi connectivity index (χ0n) is 9.54. The number of nitrogens with two attached hydrogens (primary N) is 1. The highest BCUT2D eigenvalue weighted by Gasteiger charge is 2.22. The van der Waals surface area contributed by atoms with Crippen molar-refractivity contribution in [3.05, 3.63) is 47.8 Å². The summed E-state index contributed by atoms with van der Waals surface area (Å²) >= 11 is 0. The molecule has 17 heavy (non-hydrogen) atoms. The van der Waals surface area contributed by atoms with Crippen LogP contribution >= 0.6 is 0 Å². The van der Waals surface area contributed by atoms with Crippen molar-refractivity contribution in [3.8, 4) is 5.69 Å². The largest absolute Gasteiger partial charge is 0.372 e. The quantitative estimate of drug-likeness (QED) is 0.848. The minimum Gasteiger partial charge on any atom is -0.372 e. The summed E-state index contributed by atoms with van der Waals surface area (Å²) in [5, 5.41) is 4.29. The van der Waals surface area contributed by atoms with Crippen LogP contribution in [-0.2, 0) is 11.2 Å². The Morgan fingerprint density at radius 1 is 1.41 bits per heavy atom. The van der Waals surface area contributed by atoms with Gasteiger partial charge in [-0.25, -0.2) is 4.68 Å². The zero-order valence-corrected chi connectivity index (χ0v) is 9.54. The monoisotopic (exact) mass is 229 g/mol. The average molecular weight is 229 g/mol. The van der Waals surface area contributed by atoms with Crippen molar-refractivity contribution < 1.29 is 4.74 Å². The van der Waals surface area contributed by atoms with Crippen LogP contribution in [-0.4, -0.2) is 22.9 Å². The SMILES string of the molecule is NC[C@H]1OCCc2c1cccc2-n1cccn1. The van der Waals surface area contributed by atoms with Crippen molar-refractivity contribution in [1.82, 2.24) is 9.78 Å².